The summed E-state index contributed by atoms with van der Waals surface area (Å²) in [5.74, 6) is 0.740. The van der Waals surface area contributed by atoms with Crippen LogP contribution in [-0.2, 0) is 9.59 Å². The molecule has 25 heavy (non-hydrogen) atoms. The summed E-state index contributed by atoms with van der Waals surface area (Å²) in [5.41, 5.74) is 0. The molecule has 0 unspecified atom stereocenters. The van der Waals surface area contributed by atoms with E-state index in [0.29, 0.717) is 17.5 Å². The van der Waals surface area contributed by atoms with E-state index in [9.17, 15) is 9.59 Å². The zero-order valence-electron chi connectivity index (χ0n) is 14.9. The number of amides is 2. The summed E-state index contributed by atoms with van der Waals surface area (Å²) in [7, 11) is 0. The van der Waals surface area contributed by atoms with Crippen molar-refractivity contribution in [1.29, 1.82) is 0 Å². The summed E-state index contributed by atoms with van der Waals surface area (Å²) < 4.78 is 0. The number of carbonyl (C=O) groups is 2. The molecule has 0 aromatic carbocycles. The van der Waals surface area contributed by atoms with Gasteiger partial charge < -0.3 is 10.2 Å². The van der Waals surface area contributed by atoms with Gasteiger partial charge in [0.25, 0.3) is 0 Å². The maximum absolute atomic E-state index is 12.9. The van der Waals surface area contributed by atoms with Gasteiger partial charge in [-0.2, -0.15) is 0 Å². The molecule has 2 saturated carbocycles. The van der Waals surface area contributed by atoms with Crippen LogP contribution in [0.15, 0.2) is 11.6 Å². The molecule has 2 fully saturated rings. The molecule has 0 saturated heterocycles. The Morgan fingerprint density at radius 3 is 2.52 bits per heavy atom. The second-order valence-electron chi connectivity index (χ2n) is 7.39. The van der Waals surface area contributed by atoms with E-state index in [2.05, 4.69) is 10.3 Å². The van der Waals surface area contributed by atoms with Crippen LogP contribution in [0.1, 0.15) is 70.6 Å². The number of nitrogens with one attached hydrogen (secondary N) is 1. The predicted molar refractivity (Wildman–Crippen MR) is 101 cm³/mol. The quantitative estimate of drug-likeness (QED) is 0.789. The van der Waals surface area contributed by atoms with E-state index in [4.69, 9.17) is 0 Å². The normalized spacial score (nSPS) is 19.0. The third-order valence-electron chi connectivity index (χ3n) is 5.57. The number of rotatable bonds is 7. The summed E-state index contributed by atoms with van der Waals surface area (Å²) >= 11 is 1.40. The van der Waals surface area contributed by atoms with Crippen molar-refractivity contribution >= 4 is 28.3 Å². The fourth-order valence-corrected chi connectivity index (χ4v) is 4.73. The lowest BCUT2D eigenvalue weighted by Crippen LogP contribution is -2.45. The summed E-state index contributed by atoms with van der Waals surface area (Å²) in [6.07, 6.45) is 14.0. The minimum atomic E-state index is -0.130. The number of nitrogens with zero attached hydrogens (tertiary/aromatic N) is 2. The first-order valence-corrected chi connectivity index (χ1v) is 10.6. The maximum Gasteiger partial charge on any atom is 0.245 e. The van der Waals surface area contributed by atoms with E-state index in [1.54, 1.807) is 6.20 Å². The van der Waals surface area contributed by atoms with Crippen molar-refractivity contribution in [3.63, 3.8) is 0 Å². The van der Waals surface area contributed by atoms with Gasteiger partial charge in [-0.3, -0.25) is 9.59 Å². The van der Waals surface area contributed by atoms with Crippen molar-refractivity contribution in [2.75, 3.05) is 11.9 Å². The molecule has 3 rings (SSSR count). The molecule has 0 spiro atoms. The molecule has 0 bridgehead atoms. The van der Waals surface area contributed by atoms with Gasteiger partial charge in [-0.25, -0.2) is 4.98 Å². The van der Waals surface area contributed by atoms with Crippen LogP contribution in [-0.4, -0.2) is 34.3 Å². The van der Waals surface area contributed by atoms with Gasteiger partial charge in [0.05, 0.1) is 0 Å². The number of thiazole rings is 1. The summed E-state index contributed by atoms with van der Waals surface area (Å²) in [4.78, 5) is 31.2. The van der Waals surface area contributed by atoms with E-state index < -0.39 is 0 Å². The van der Waals surface area contributed by atoms with Gasteiger partial charge in [-0.1, -0.05) is 44.9 Å². The van der Waals surface area contributed by atoms with Crippen LogP contribution in [0.5, 0.6) is 0 Å². The molecule has 1 N–H and O–H groups in total. The van der Waals surface area contributed by atoms with Gasteiger partial charge in [-0.15, -0.1) is 11.3 Å². The molecule has 5 nitrogen and oxygen atoms in total. The first-order chi connectivity index (χ1) is 12.2. The Kier molecular flexibility index (Phi) is 6.84. The number of anilines is 1. The first-order valence-electron chi connectivity index (χ1n) is 9.71. The highest BCUT2D eigenvalue weighted by Gasteiger charge is 2.28. The van der Waals surface area contributed by atoms with E-state index >= 15 is 0 Å². The highest BCUT2D eigenvalue weighted by Crippen LogP contribution is 2.29. The predicted octanol–water partition coefficient (Wildman–Crippen LogP) is 4.21. The second-order valence-corrected chi connectivity index (χ2v) is 8.28. The number of hydrogen-bond donors (Lipinski definition) is 1. The van der Waals surface area contributed by atoms with Crippen molar-refractivity contribution in [3.8, 4) is 0 Å². The van der Waals surface area contributed by atoms with E-state index in [-0.39, 0.29) is 24.4 Å². The van der Waals surface area contributed by atoms with Crippen LogP contribution in [0.2, 0.25) is 0 Å². The molecule has 2 amide bonds. The topological polar surface area (TPSA) is 62.3 Å². The van der Waals surface area contributed by atoms with Crippen LogP contribution in [0.4, 0.5) is 5.13 Å². The molecule has 2 aliphatic carbocycles. The average molecular weight is 364 g/mol. The average Bonchev–Trinajstić information content (AvgIpc) is 3.32. The third-order valence-corrected chi connectivity index (χ3v) is 6.26. The molecule has 0 radical (unpaired) electrons. The van der Waals surface area contributed by atoms with E-state index in [0.717, 1.165) is 32.1 Å². The molecule has 0 aliphatic heterocycles. The number of hydrogen-bond acceptors (Lipinski definition) is 4. The fraction of sp³-hybridized carbons (Fsp3) is 0.737. The lowest BCUT2D eigenvalue weighted by molar-refractivity contribution is -0.138. The maximum atomic E-state index is 12.9. The van der Waals surface area contributed by atoms with Crippen molar-refractivity contribution in [2.45, 2.75) is 76.7 Å². The Labute approximate surface area is 154 Å². The molecule has 0 atom stereocenters. The molecule has 6 heteroatoms. The van der Waals surface area contributed by atoms with Gasteiger partial charge >= 0.3 is 0 Å². The minimum absolute atomic E-state index is 0.130. The van der Waals surface area contributed by atoms with Gasteiger partial charge in [0.2, 0.25) is 11.8 Å². The standard InChI is InChI=1S/C19H29N3O2S/c23-17(21-19-20-12-13-25-19)14-22(16-8-2-1-3-9-16)18(24)11-10-15-6-4-5-7-15/h12-13,15-16H,1-11,14H2,(H,20,21,23). The Balaban J connectivity index is 1.57. The number of aromatic nitrogens is 1. The van der Waals surface area contributed by atoms with Crippen LogP contribution >= 0.6 is 11.3 Å². The molecule has 1 aromatic rings. The SMILES string of the molecule is O=C(CN(C(=O)CCC1CCCC1)C1CCCCC1)Nc1nccs1. The minimum Gasteiger partial charge on any atom is -0.330 e. The smallest absolute Gasteiger partial charge is 0.245 e. The zero-order chi connectivity index (χ0) is 17.5. The molecule has 1 heterocycles. The monoisotopic (exact) mass is 363 g/mol. The van der Waals surface area contributed by atoms with Crippen LogP contribution in [0.3, 0.4) is 0 Å². The summed E-state index contributed by atoms with van der Waals surface area (Å²) in [5, 5.41) is 5.26. The Hall–Kier alpha value is -1.43. The van der Waals surface area contributed by atoms with Crippen molar-refractivity contribution < 1.29 is 9.59 Å². The molecular weight excluding hydrogens is 334 g/mol. The summed E-state index contributed by atoms with van der Waals surface area (Å²) in [6, 6.07) is 0.229. The Morgan fingerprint density at radius 1 is 1.12 bits per heavy atom. The van der Waals surface area contributed by atoms with Crippen LogP contribution in [0.25, 0.3) is 0 Å². The number of carbonyl (C=O) groups excluding carboxylic acids is 2. The zero-order valence-corrected chi connectivity index (χ0v) is 15.7. The lowest BCUT2D eigenvalue weighted by Gasteiger charge is -2.34. The first kappa shape index (κ1) is 18.4. The highest BCUT2D eigenvalue weighted by atomic mass is 32.1. The molecular formula is C19H29N3O2S. The Morgan fingerprint density at radius 2 is 1.84 bits per heavy atom. The molecule has 1 aromatic heterocycles. The van der Waals surface area contributed by atoms with E-state index in [1.807, 2.05) is 10.3 Å². The van der Waals surface area contributed by atoms with Crippen molar-refractivity contribution in [1.82, 2.24) is 9.88 Å². The van der Waals surface area contributed by atoms with E-state index in [1.165, 1.54) is 43.4 Å². The summed E-state index contributed by atoms with van der Waals surface area (Å²) in [6.45, 7) is 0.160. The van der Waals surface area contributed by atoms with Gasteiger partial charge in [0.1, 0.15) is 6.54 Å². The molecule has 138 valence electrons. The largest absolute Gasteiger partial charge is 0.330 e. The Bertz CT molecular complexity index is 549. The lowest BCUT2D eigenvalue weighted by atomic mass is 9.93. The third kappa shape index (κ3) is 5.53. The molecule has 2 aliphatic rings. The highest BCUT2D eigenvalue weighted by molar-refractivity contribution is 7.13. The van der Waals surface area contributed by atoms with Crippen LogP contribution < -0.4 is 5.32 Å². The second kappa shape index (κ2) is 9.32. The van der Waals surface area contributed by atoms with Gasteiger partial charge in [-0.05, 0) is 25.2 Å². The van der Waals surface area contributed by atoms with Crippen molar-refractivity contribution in [3.05, 3.63) is 11.6 Å². The van der Waals surface area contributed by atoms with Gasteiger partial charge in [0.15, 0.2) is 5.13 Å². The van der Waals surface area contributed by atoms with Crippen LogP contribution in [0, 0.1) is 5.92 Å². The fourth-order valence-electron chi connectivity index (χ4n) is 4.18. The van der Waals surface area contributed by atoms with Gasteiger partial charge in [0, 0.05) is 24.0 Å². The van der Waals surface area contributed by atoms with Crippen molar-refractivity contribution in [2.24, 2.45) is 5.92 Å².